The summed E-state index contributed by atoms with van der Waals surface area (Å²) >= 11 is 0. The van der Waals surface area contributed by atoms with Crippen LogP contribution in [-0.2, 0) is 18.4 Å². The molecule has 1 fully saturated rings. The average molecular weight is 387 g/mol. The number of rotatable bonds is 7. The van der Waals surface area contributed by atoms with E-state index in [1.807, 2.05) is 13.2 Å². The van der Waals surface area contributed by atoms with Crippen molar-refractivity contribution in [3.05, 3.63) is 41.7 Å². The molecule has 3 rings (SSSR count). The van der Waals surface area contributed by atoms with Gasteiger partial charge in [-0.3, -0.25) is 14.3 Å². The number of nitrogens with zero attached hydrogens (tertiary/aromatic N) is 2. The Morgan fingerprint density at radius 3 is 2.61 bits per heavy atom. The lowest BCUT2D eigenvalue weighted by Crippen LogP contribution is -2.38. The van der Waals surface area contributed by atoms with Crippen LogP contribution < -0.4 is 14.8 Å². The fourth-order valence-electron chi connectivity index (χ4n) is 3.39. The van der Waals surface area contributed by atoms with E-state index in [-0.39, 0.29) is 17.9 Å². The molecule has 1 amide bonds. The maximum Gasteiger partial charge on any atom is 0.306 e. The first-order valence-corrected chi connectivity index (χ1v) is 9.28. The van der Waals surface area contributed by atoms with E-state index in [1.54, 1.807) is 29.1 Å². The van der Waals surface area contributed by atoms with E-state index in [0.29, 0.717) is 49.4 Å². The van der Waals surface area contributed by atoms with Crippen molar-refractivity contribution in [1.82, 2.24) is 15.1 Å². The molecule has 0 saturated heterocycles. The summed E-state index contributed by atoms with van der Waals surface area (Å²) in [5, 5.41) is 16.2. The maximum atomic E-state index is 12.6. The van der Waals surface area contributed by atoms with Gasteiger partial charge in [0.05, 0.1) is 19.2 Å². The van der Waals surface area contributed by atoms with Gasteiger partial charge in [-0.05, 0) is 43.9 Å². The van der Waals surface area contributed by atoms with Crippen LogP contribution in [0, 0.1) is 5.92 Å². The molecule has 0 aliphatic heterocycles. The van der Waals surface area contributed by atoms with Crippen LogP contribution in [0.5, 0.6) is 11.5 Å². The fourth-order valence-corrected chi connectivity index (χ4v) is 3.39. The number of aromatic nitrogens is 2. The number of aryl methyl sites for hydroxylation is 1. The Morgan fingerprint density at radius 1 is 1.25 bits per heavy atom. The Bertz CT molecular complexity index is 840. The number of ether oxygens (including phenoxy) is 2. The van der Waals surface area contributed by atoms with Gasteiger partial charge >= 0.3 is 5.97 Å². The van der Waals surface area contributed by atoms with Crippen molar-refractivity contribution >= 4 is 11.9 Å². The third-order valence-corrected chi connectivity index (χ3v) is 4.99. The highest BCUT2D eigenvalue weighted by molar-refractivity contribution is 5.95. The Hall–Kier alpha value is -3.03. The molecule has 8 nitrogen and oxygen atoms in total. The number of carboxylic acids is 1. The van der Waals surface area contributed by atoms with Crippen LogP contribution in [0.25, 0.3) is 0 Å². The van der Waals surface area contributed by atoms with Gasteiger partial charge in [0.2, 0.25) is 0 Å². The van der Waals surface area contributed by atoms with Gasteiger partial charge < -0.3 is 19.9 Å². The smallest absolute Gasteiger partial charge is 0.306 e. The van der Waals surface area contributed by atoms with Gasteiger partial charge in [0, 0.05) is 30.4 Å². The zero-order valence-electron chi connectivity index (χ0n) is 16.1. The number of carbonyl (C=O) groups excluding carboxylic acids is 1. The summed E-state index contributed by atoms with van der Waals surface area (Å²) in [7, 11) is 3.37. The first kappa shape index (κ1) is 19.7. The van der Waals surface area contributed by atoms with Crippen molar-refractivity contribution in [2.24, 2.45) is 13.0 Å². The molecule has 1 saturated carbocycles. The highest BCUT2D eigenvalue weighted by Gasteiger charge is 2.27. The molecule has 28 heavy (non-hydrogen) atoms. The molecule has 0 radical (unpaired) electrons. The lowest BCUT2D eigenvalue weighted by molar-refractivity contribution is -0.142. The summed E-state index contributed by atoms with van der Waals surface area (Å²) in [5.74, 6) is -0.229. The Morgan fingerprint density at radius 2 is 2.00 bits per heavy atom. The van der Waals surface area contributed by atoms with Gasteiger partial charge in [-0.2, -0.15) is 5.10 Å². The van der Waals surface area contributed by atoms with Crippen LogP contribution in [0.2, 0.25) is 0 Å². The Balaban J connectivity index is 1.59. The normalized spacial score (nSPS) is 19.1. The van der Waals surface area contributed by atoms with Crippen molar-refractivity contribution in [1.29, 1.82) is 0 Å². The van der Waals surface area contributed by atoms with E-state index in [4.69, 9.17) is 14.6 Å². The van der Waals surface area contributed by atoms with Crippen LogP contribution in [0.15, 0.2) is 30.6 Å². The molecular weight excluding hydrogens is 362 g/mol. The number of aliphatic carboxylic acids is 1. The number of amides is 1. The molecule has 8 heteroatoms. The van der Waals surface area contributed by atoms with Gasteiger partial charge in [-0.15, -0.1) is 0 Å². The molecule has 1 aliphatic rings. The average Bonchev–Trinajstić information content (AvgIpc) is 3.11. The van der Waals surface area contributed by atoms with Crippen molar-refractivity contribution in [2.45, 2.75) is 38.3 Å². The highest BCUT2D eigenvalue weighted by atomic mass is 16.5. The number of benzene rings is 1. The van der Waals surface area contributed by atoms with Gasteiger partial charge in [-0.25, -0.2) is 0 Å². The van der Waals surface area contributed by atoms with Crippen LogP contribution in [-0.4, -0.2) is 39.9 Å². The minimum absolute atomic E-state index is 0.00407. The molecule has 150 valence electrons. The zero-order valence-corrected chi connectivity index (χ0v) is 16.1. The fraction of sp³-hybridized carbons (Fsp3) is 0.450. The molecule has 2 N–H and O–H groups in total. The lowest BCUT2D eigenvalue weighted by atomic mass is 9.86. The van der Waals surface area contributed by atoms with Crippen molar-refractivity contribution in [3.8, 4) is 11.5 Å². The second-order valence-corrected chi connectivity index (χ2v) is 7.04. The minimum atomic E-state index is -0.753. The predicted molar refractivity (Wildman–Crippen MR) is 101 cm³/mol. The summed E-state index contributed by atoms with van der Waals surface area (Å²) < 4.78 is 12.9. The number of carbonyl (C=O) groups is 2. The number of carboxylic acid groups (broad SMARTS) is 1. The molecule has 1 aromatic heterocycles. The standard InChI is InChI=1S/C20H25N3O5/c1-23-11-13(10-21-23)12-28-17-8-5-15(9-18(17)27-2)19(24)22-16-6-3-14(4-7-16)20(25)26/h5,8-11,14,16H,3-4,6-7,12H2,1-2H3,(H,22,24)(H,25,26). The topological polar surface area (TPSA) is 103 Å². The Labute approximate surface area is 163 Å². The second kappa shape index (κ2) is 8.77. The van der Waals surface area contributed by atoms with Gasteiger partial charge in [-0.1, -0.05) is 0 Å². The molecule has 0 bridgehead atoms. The second-order valence-electron chi connectivity index (χ2n) is 7.04. The first-order valence-electron chi connectivity index (χ1n) is 9.28. The minimum Gasteiger partial charge on any atom is -0.493 e. The molecule has 1 aromatic carbocycles. The molecule has 0 atom stereocenters. The van der Waals surface area contributed by atoms with Crippen molar-refractivity contribution in [2.75, 3.05) is 7.11 Å². The first-order chi connectivity index (χ1) is 13.5. The number of hydrogen-bond acceptors (Lipinski definition) is 5. The largest absolute Gasteiger partial charge is 0.493 e. The summed E-state index contributed by atoms with van der Waals surface area (Å²) in [6.07, 6.45) is 6.12. The van der Waals surface area contributed by atoms with E-state index in [0.717, 1.165) is 5.56 Å². The highest BCUT2D eigenvalue weighted by Crippen LogP contribution is 2.29. The SMILES string of the molecule is COc1cc(C(=O)NC2CCC(C(=O)O)CC2)ccc1OCc1cnn(C)c1. The molecular formula is C20H25N3O5. The summed E-state index contributed by atoms with van der Waals surface area (Å²) in [6.45, 7) is 0.350. The van der Waals surface area contributed by atoms with E-state index in [9.17, 15) is 9.59 Å². The van der Waals surface area contributed by atoms with E-state index < -0.39 is 5.97 Å². The summed E-state index contributed by atoms with van der Waals surface area (Å²) in [4.78, 5) is 23.6. The van der Waals surface area contributed by atoms with Gasteiger partial charge in [0.15, 0.2) is 11.5 Å². The van der Waals surface area contributed by atoms with Crippen LogP contribution >= 0.6 is 0 Å². The molecule has 0 unspecified atom stereocenters. The molecule has 0 spiro atoms. The zero-order chi connectivity index (χ0) is 20.1. The lowest BCUT2D eigenvalue weighted by Gasteiger charge is -2.26. The van der Waals surface area contributed by atoms with Crippen LogP contribution in [0.4, 0.5) is 0 Å². The molecule has 1 aliphatic carbocycles. The quantitative estimate of drug-likeness (QED) is 0.756. The Kier molecular flexibility index (Phi) is 6.18. The third kappa shape index (κ3) is 4.82. The van der Waals surface area contributed by atoms with E-state index >= 15 is 0 Å². The number of nitrogens with one attached hydrogen (secondary N) is 1. The van der Waals surface area contributed by atoms with Crippen LogP contribution in [0.3, 0.4) is 0 Å². The summed E-state index contributed by atoms with van der Waals surface area (Å²) in [5.41, 5.74) is 1.41. The summed E-state index contributed by atoms with van der Waals surface area (Å²) in [6, 6.07) is 5.05. The molecule has 1 heterocycles. The monoisotopic (exact) mass is 387 g/mol. The van der Waals surface area contributed by atoms with Crippen molar-refractivity contribution in [3.63, 3.8) is 0 Å². The maximum absolute atomic E-state index is 12.6. The number of methoxy groups -OCH3 is 1. The van der Waals surface area contributed by atoms with Crippen LogP contribution in [0.1, 0.15) is 41.6 Å². The van der Waals surface area contributed by atoms with E-state index in [2.05, 4.69) is 10.4 Å². The predicted octanol–water partition coefficient (Wildman–Crippen LogP) is 2.38. The van der Waals surface area contributed by atoms with Crippen molar-refractivity contribution < 1.29 is 24.2 Å². The van der Waals surface area contributed by atoms with E-state index in [1.165, 1.54) is 7.11 Å². The third-order valence-electron chi connectivity index (χ3n) is 4.99. The van der Waals surface area contributed by atoms with Gasteiger partial charge in [0.1, 0.15) is 6.61 Å². The molecule has 2 aromatic rings. The number of hydrogen-bond donors (Lipinski definition) is 2. The van der Waals surface area contributed by atoms with Gasteiger partial charge in [0.25, 0.3) is 5.91 Å².